The molecule has 0 saturated heterocycles. The molecule has 0 aliphatic carbocycles. The number of aliphatic hydroxyl groups excluding tert-OH is 2. The molecule has 3 nitrogen and oxygen atoms in total. The van der Waals surface area contributed by atoms with Crippen molar-refractivity contribution in [3.63, 3.8) is 0 Å². The van der Waals surface area contributed by atoms with Gasteiger partial charge in [0.25, 0.3) is 0 Å². The Morgan fingerprint density at radius 2 is 2.00 bits per heavy atom. The maximum Gasteiger partial charge on any atom is 0.507 e. The molecule has 0 aliphatic heterocycles. The van der Waals surface area contributed by atoms with Crippen LogP contribution in [0.25, 0.3) is 0 Å². The predicted octanol–water partition coefficient (Wildman–Crippen LogP) is 0.299. The van der Waals surface area contributed by atoms with Crippen LogP contribution in [0.15, 0.2) is 12.1 Å². The Bertz CT molecular complexity index is 171. The van der Waals surface area contributed by atoms with Crippen molar-refractivity contribution in [3.8, 4) is 0 Å². The van der Waals surface area contributed by atoms with E-state index in [1.165, 1.54) is 0 Å². The number of rotatable bonds is 6. The maximum atomic E-state index is 11.8. The maximum absolute atomic E-state index is 11.8. The van der Waals surface area contributed by atoms with Gasteiger partial charge in [-0.2, -0.15) is 0 Å². The standard InChI is InChI=1S/C6H11BF3O3/c1-5(7(8,9)10)3-13-4-6(12)2-11/h6,11-12H,1-4H2/q-1. The summed E-state index contributed by atoms with van der Waals surface area (Å²) in [6, 6.07) is 0. The molecular formula is C6H11BF3O3-. The minimum Gasteiger partial charge on any atom is -0.445 e. The zero-order valence-electron chi connectivity index (χ0n) is 6.92. The summed E-state index contributed by atoms with van der Waals surface area (Å²) in [4.78, 5) is 0. The molecule has 0 amide bonds. The van der Waals surface area contributed by atoms with E-state index in [0.29, 0.717) is 0 Å². The normalized spacial score (nSPS) is 14.2. The molecule has 78 valence electrons. The highest BCUT2D eigenvalue weighted by Crippen LogP contribution is 2.17. The average Bonchev–Trinajstić information content (AvgIpc) is 2.02. The number of aliphatic hydroxyl groups is 2. The van der Waals surface area contributed by atoms with Crippen LogP contribution in [0.3, 0.4) is 0 Å². The number of hydrogen-bond acceptors (Lipinski definition) is 3. The van der Waals surface area contributed by atoms with Gasteiger partial charge >= 0.3 is 6.98 Å². The molecule has 0 rings (SSSR count). The zero-order valence-corrected chi connectivity index (χ0v) is 6.92. The highest BCUT2D eigenvalue weighted by Gasteiger charge is 2.26. The van der Waals surface area contributed by atoms with E-state index in [2.05, 4.69) is 11.3 Å². The third-order valence-electron chi connectivity index (χ3n) is 1.27. The zero-order chi connectivity index (χ0) is 10.5. The van der Waals surface area contributed by atoms with Crippen LogP contribution >= 0.6 is 0 Å². The summed E-state index contributed by atoms with van der Waals surface area (Å²) >= 11 is 0. The van der Waals surface area contributed by atoms with Crippen molar-refractivity contribution < 1.29 is 27.9 Å². The molecule has 0 aromatic rings. The fourth-order valence-electron chi connectivity index (χ4n) is 0.473. The van der Waals surface area contributed by atoms with E-state index in [1.54, 1.807) is 0 Å². The highest BCUT2D eigenvalue weighted by atomic mass is 19.4. The smallest absolute Gasteiger partial charge is 0.445 e. The van der Waals surface area contributed by atoms with Gasteiger partial charge in [-0.25, -0.2) is 0 Å². The van der Waals surface area contributed by atoms with Crippen LogP contribution in [0.2, 0.25) is 0 Å². The molecule has 0 aliphatic rings. The van der Waals surface area contributed by atoms with Crippen molar-refractivity contribution in [2.24, 2.45) is 0 Å². The van der Waals surface area contributed by atoms with Gasteiger partial charge in [-0.1, -0.05) is 0 Å². The molecule has 1 atom stereocenters. The minimum absolute atomic E-state index is 0.332. The second kappa shape index (κ2) is 5.26. The Morgan fingerprint density at radius 3 is 2.38 bits per heavy atom. The summed E-state index contributed by atoms with van der Waals surface area (Å²) in [6.07, 6.45) is -1.14. The first-order valence-electron chi connectivity index (χ1n) is 3.62. The van der Waals surface area contributed by atoms with Gasteiger partial charge in [-0.05, 0) is 0 Å². The van der Waals surface area contributed by atoms with E-state index < -0.39 is 31.8 Å². The van der Waals surface area contributed by atoms with Crippen LogP contribution in [0, 0.1) is 0 Å². The fraction of sp³-hybridized carbons (Fsp3) is 0.667. The van der Waals surface area contributed by atoms with Crippen LogP contribution in [0.5, 0.6) is 0 Å². The Hall–Kier alpha value is -0.525. The molecular weight excluding hydrogens is 188 g/mol. The van der Waals surface area contributed by atoms with Crippen molar-refractivity contribution in [2.45, 2.75) is 6.10 Å². The van der Waals surface area contributed by atoms with Gasteiger partial charge in [0.2, 0.25) is 0 Å². The largest absolute Gasteiger partial charge is 0.507 e. The second-order valence-electron chi connectivity index (χ2n) is 2.58. The molecule has 13 heavy (non-hydrogen) atoms. The second-order valence-corrected chi connectivity index (χ2v) is 2.58. The third kappa shape index (κ3) is 5.67. The van der Waals surface area contributed by atoms with E-state index in [0.717, 1.165) is 0 Å². The molecule has 0 aromatic carbocycles. The monoisotopic (exact) mass is 199 g/mol. The van der Waals surface area contributed by atoms with Gasteiger partial charge in [0.05, 0.1) is 13.2 Å². The average molecular weight is 199 g/mol. The molecule has 0 saturated carbocycles. The van der Waals surface area contributed by atoms with E-state index in [9.17, 15) is 12.9 Å². The molecule has 1 unspecified atom stereocenters. The SMILES string of the molecule is C=C(COCC(O)CO)[B-](F)(F)F. The van der Waals surface area contributed by atoms with Crippen LogP contribution < -0.4 is 0 Å². The van der Waals surface area contributed by atoms with Crippen molar-refractivity contribution in [2.75, 3.05) is 19.8 Å². The van der Waals surface area contributed by atoms with Gasteiger partial charge in [0, 0.05) is 6.61 Å². The Morgan fingerprint density at radius 1 is 1.46 bits per heavy atom. The summed E-state index contributed by atoms with van der Waals surface area (Å²) in [5.74, 6) is 0. The minimum atomic E-state index is -5.07. The fourth-order valence-corrected chi connectivity index (χ4v) is 0.473. The molecule has 0 bridgehead atoms. The molecule has 2 N–H and O–H groups in total. The van der Waals surface area contributed by atoms with Crippen molar-refractivity contribution in [1.82, 2.24) is 0 Å². The van der Waals surface area contributed by atoms with Gasteiger partial charge in [0.1, 0.15) is 6.10 Å². The quantitative estimate of drug-likeness (QED) is 0.604. The van der Waals surface area contributed by atoms with Gasteiger partial charge < -0.3 is 27.9 Å². The first-order valence-corrected chi connectivity index (χ1v) is 3.62. The van der Waals surface area contributed by atoms with Crippen LogP contribution in [-0.4, -0.2) is 43.1 Å². The summed E-state index contributed by atoms with van der Waals surface area (Å²) < 4.78 is 39.9. The Labute approximate surface area is 73.9 Å². The Balaban J connectivity index is 3.60. The summed E-state index contributed by atoms with van der Waals surface area (Å²) in [7, 11) is 0. The topological polar surface area (TPSA) is 49.7 Å². The van der Waals surface area contributed by atoms with Gasteiger partial charge in [0.15, 0.2) is 0 Å². The molecule has 0 fully saturated rings. The van der Waals surface area contributed by atoms with Gasteiger partial charge in [-0.15, -0.1) is 12.1 Å². The number of halogens is 3. The highest BCUT2D eigenvalue weighted by molar-refractivity contribution is 6.66. The summed E-state index contributed by atoms with van der Waals surface area (Å²) in [6.45, 7) is -3.82. The van der Waals surface area contributed by atoms with Crippen LogP contribution in [0.4, 0.5) is 12.9 Å². The van der Waals surface area contributed by atoms with Gasteiger partial charge in [-0.3, -0.25) is 0 Å². The van der Waals surface area contributed by atoms with E-state index in [4.69, 9.17) is 10.2 Å². The predicted molar refractivity (Wildman–Crippen MR) is 42.1 cm³/mol. The number of hydrogen-bond donors (Lipinski definition) is 2. The van der Waals surface area contributed by atoms with Crippen molar-refractivity contribution in [3.05, 3.63) is 12.1 Å². The Kier molecular flexibility index (Phi) is 5.05. The first kappa shape index (κ1) is 12.5. The van der Waals surface area contributed by atoms with Crippen molar-refractivity contribution in [1.29, 1.82) is 0 Å². The van der Waals surface area contributed by atoms with Crippen LogP contribution in [0.1, 0.15) is 0 Å². The molecule has 0 aromatic heterocycles. The van der Waals surface area contributed by atoms with E-state index in [-0.39, 0.29) is 6.61 Å². The summed E-state index contributed by atoms with van der Waals surface area (Å²) in [5.41, 5.74) is -0.954. The summed E-state index contributed by atoms with van der Waals surface area (Å²) in [5, 5.41) is 17.0. The third-order valence-corrected chi connectivity index (χ3v) is 1.27. The van der Waals surface area contributed by atoms with E-state index >= 15 is 0 Å². The molecule has 7 heteroatoms. The molecule has 0 heterocycles. The van der Waals surface area contributed by atoms with Crippen LogP contribution in [-0.2, 0) is 4.74 Å². The van der Waals surface area contributed by atoms with E-state index in [1.807, 2.05) is 0 Å². The molecule has 0 spiro atoms. The molecule has 0 radical (unpaired) electrons. The lowest BCUT2D eigenvalue weighted by Gasteiger charge is -2.18. The first-order chi connectivity index (χ1) is 5.88. The lowest BCUT2D eigenvalue weighted by atomic mass is 9.81. The van der Waals surface area contributed by atoms with Crippen molar-refractivity contribution >= 4 is 6.98 Å². The lowest BCUT2D eigenvalue weighted by Crippen LogP contribution is -2.25. The number of ether oxygens (including phenoxy) is 1. The lowest BCUT2D eigenvalue weighted by molar-refractivity contribution is 0.0136.